The van der Waals surface area contributed by atoms with Gasteiger partial charge in [0.15, 0.2) is 0 Å². The molecule has 0 radical (unpaired) electrons. The average Bonchev–Trinajstić information content (AvgIpc) is 3.74. The Morgan fingerprint density at radius 3 is 2.03 bits per heavy atom. The molecule has 13 nitrogen and oxygen atoms in total. The summed E-state index contributed by atoms with van der Waals surface area (Å²) in [6, 6.07) is 14.6. The van der Waals surface area contributed by atoms with E-state index >= 15 is 0 Å². The molecule has 0 saturated carbocycles. The van der Waals surface area contributed by atoms with Gasteiger partial charge in [0.1, 0.15) is 6.04 Å². The van der Waals surface area contributed by atoms with E-state index in [9.17, 15) is 24.0 Å². The van der Waals surface area contributed by atoms with Crippen LogP contribution in [0.2, 0.25) is 0 Å². The predicted octanol–water partition coefficient (Wildman–Crippen LogP) is 5.52. The first kappa shape index (κ1) is 50.8. The maximum Gasteiger partial charge on any atom is 0.337 e. The first-order valence-corrected chi connectivity index (χ1v) is 21.8. The fourth-order valence-electron chi connectivity index (χ4n) is 8.47. The van der Waals surface area contributed by atoms with Crippen LogP contribution in [0.3, 0.4) is 0 Å². The van der Waals surface area contributed by atoms with Crippen LogP contribution in [0, 0.1) is 23.7 Å². The molecular formula is C48H73N5O8. The number of carbonyl (C=O) groups excluding carboxylic acids is 5. The molecule has 1 saturated heterocycles. The molecule has 1 aliphatic heterocycles. The number of ether oxygens (including phenoxy) is 3. The van der Waals surface area contributed by atoms with Crippen molar-refractivity contribution in [2.45, 2.75) is 123 Å². The molecular weight excluding hydrogens is 775 g/mol. The lowest BCUT2D eigenvalue weighted by molar-refractivity contribution is -0.147. The van der Waals surface area contributed by atoms with Gasteiger partial charge in [0.25, 0.3) is 0 Å². The Balaban J connectivity index is 1.81. The minimum Gasteiger partial charge on any atom is -0.465 e. The van der Waals surface area contributed by atoms with Crippen LogP contribution in [0.4, 0.5) is 0 Å². The van der Waals surface area contributed by atoms with Crippen molar-refractivity contribution in [1.29, 1.82) is 0 Å². The molecule has 2 aromatic rings. The molecule has 1 heterocycles. The lowest BCUT2D eigenvalue weighted by Gasteiger charge is -2.41. The van der Waals surface area contributed by atoms with E-state index in [1.165, 1.54) is 7.11 Å². The highest BCUT2D eigenvalue weighted by atomic mass is 16.5. The molecule has 9 atom stereocenters. The molecule has 3 N–H and O–H groups in total. The molecule has 61 heavy (non-hydrogen) atoms. The lowest BCUT2D eigenvalue weighted by Crippen LogP contribution is -2.59. The molecule has 0 spiro atoms. The molecule has 4 amide bonds. The van der Waals surface area contributed by atoms with E-state index in [1.54, 1.807) is 45.3 Å². The van der Waals surface area contributed by atoms with Crippen LogP contribution < -0.4 is 16.0 Å². The van der Waals surface area contributed by atoms with Gasteiger partial charge in [-0.15, -0.1) is 0 Å². The molecule has 1 aliphatic rings. The third-order valence-corrected chi connectivity index (χ3v) is 12.2. The second-order valence-electron chi connectivity index (χ2n) is 17.1. The zero-order chi connectivity index (χ0) is 45.4. The highest BCUT2D eigenvalue weighted by Crippen LogP contribution is 2.30. The van der Waals surface area contributed by atoms with Gasteiger partial charge in [-0.2, -0.15) is 0 Å². The largest absolute Gasteiger partial charge is 0.465 e. The van der Waals surface area contributed by atoms with Crippen LogP contribution in [0.1, 0.15) is 95.6 Å². The molecule has 3 rings (SSSR count). The normalized spacial score (nSPS) is 18.2. The molecule has 338 valence electrons. The molecule has 0 aromatic heterocycles. The smallest absolute Gasteiger partial charge is 0.337 e. The van der Waals surface area contributed by atoms with Gasteiger partial charge in [0.05, 0.1) is 61.4 Å². The highest BCUT2D eigenvalue weighted by Gasteiger charge is 2.43. The molecule has 0 unspecified atom stereocenters. The summed E-state index contributed by atoms with van der Waals surface area (Å²) < 4.78 is 16.9. The quantitative estimate of drug-likeness (QED) is 0.123. The number of likely N-dealkylation sites (N-methyl/N-ethyl adjacent to an activating group) is 2. The number of amides is 4. The Labute approximate surface area is 364 Å². The van der Waals surface area contributed by atoms with Crippen LogP contribution in [0.25, 0.3) is 6.08 Å². The van der Waals surface area contributed by atoms with Crippen LogP contribution in [0.5, 0.6) is 0 Å². The minimum absolute atomic E-state index is 0.0229. The Kier molecular flexibility index (Phi) is 20.6. The number of hydrogen-bond acceptors (Lipinski definition) is 9. The van der Waals surface area contributed by atoms with E-state index in [1.807, 2.05) is 108 Å². The van der Waals surface area contributed by atoms with Gasteiger partial charge in [-0.1, -0.05) is 110 Å². The third-order valence-electron chi connectivity index (χ3n) is 12.2. The first-order valence-electron chi connectivity index (χ1n) is 21.8. The number of esters is 1. The summed E-state index contributed by atoms with van der Waals surface area (Å²) in [6.07, 6.45) is 5.37. The summed E-state index contributed by atoms with van der Waals surface area (Å²) in [7, 11) is 7.96. The van der Waals surface area contributed by atoms with E-state index in [0.29, 0.717) is 24.9 Å². The van der Waals surface area contributed by atoms with Crippen molar-refractivity contribution in [2.75, 3.05) is 42.0 Å². The topological polar surface area (TPSA) is 156 Å². The average molecular weight is 848 g/mol. The fourth-order valence-corrected chi connectivity index (χ4v) is 8.47. The van der Waals surface area contributed by atoms with Gasteiger partial charge in [-0.05, 0) is 67.3 Å². The van der Waals surface area contributed by atoms with Gasteiger partial charge in [0.2, 0.25) is 23.6 Å². The van der Waals surface area contributed by atoms with Crippen molar-refractivity contribution in [3.63, 3.8) is 0 Å². The van der Waals surface area contributed by atoms with Crippen molar-refractivity contribution in [3.8, 4) is 0 Å². The number of carbonyl (C=O) groups is 5. The maximum atomic E-state index is 14.4. The molecule has 1 fully saturated rings. The van der Waals surface area contributed by atoms with E-state index in [0.717, 1.165) is 24.0 Å². The van der Waals surface area contributed by atoms with Crippen molar-refractivity contribution in [2.24, 2.45) is 23.7 Å². The van der Waals surface area contributed by atoms with Crippen molar-refractivity contribution >= 4 is 35.7 Å². The van der Waals surface area contributed by atoms with Crippen molar-refractivity contribution in [3.05, 3.63) is 77.4 Å². The maximum absolute atomic E-state index is 14.4. The predicted molar refractivity (Wildman–Crippen MR) is 239 cm³/mol. The van der Waals surface area contributed by atoms with Gasteiger partial charge >= 0.3 is 5.97 Å². The standard InChI is InChI=1S/C48H73N5O8/c1-13-32(6)43(52(9)47(57)42(31(4)5)51-46(56)41(49-8)30(2)3)39(59-10)29-40(54)53-27-17-20-38(53)44(60-11)33(7)45(55)50-37(28-35-18-15-14-16-19-35)26-23-34-21-24-36(25-22-34)48(58)61-12/h14-16,18-19,21-26,30-33,37-39,41-44,49H,13,17,20,27-29H2,1-12H3,(H,50,55)(H,51,56)/t32-,33+,37+,38-,39+,41-,42-,43-,44+/m0/s1. The molecule has 13 heteroatoms. The number of methoxy groups -OCH3 is 3. The summed E-state index contributed by atoms with van der Waals surface area (Å²) in [5.74, 6) is -2.02. The zero-order valence-electron chi connectivity index (χ0n) is 38.6. The van der Waals surface area contributed by atoms with Crippen molar-refractivity contribution in [1.82, 2.24) is 25.8 Å². The summed E-state index contributed by atoms with van der Waals surface area (Å²) in [5.41, 5.74) is 2.36. The first-order chi connectivity index (χ1) is 29.0. The van der Waals surface area contributed by atoms with Gasteiger partial charge in [0, 0.05) is 27.8 Å². The minimum atomic E-state index is -0.771. The van der Waals surface area contributed by atoms with Crippen LogP contribution in [-0.2, 0) is 39.8 Å². The van der Waals surface area contributed by atoms with Crippen LogP contribution in [-0.4, -0.2) is 124 Å². The second-order valence-corrected chi connectivity index (χ2v) is 17.1. The summed E-state index contributed by atoms with van der Waals surface area (Å²) >= 11 is 0. The Morgan fingerprint density at radius 1 is 0.852 bits per heavy atom. The molecule has 0 bridgehead atoms. The summed E-state index contributed by atoms with van der Waals surface area (Å²) in [4.78, 5) is 71.4. The van der Waals surface area contributed by atoms with E-state index < -0.39 is 42.2 Å². The number of hydrogen-bond donors (Lipinski definition) is 3. The number of nitrogens with one attached hydrogen (secondary N) is 3. The highest BCUT2D eigenvalue weighted by molar-refractivity contribution is 5.90. The Hall–Kier alpha value is -4.59. The SMILES string of the molecule is CC[C@H](C)[C@@H]([C@@H](CC(=O)N1CCC[C@H]1[C@H](OC)[C@@H](C)C(=O)N[C@H](C=Cc1ccc(C(=O)OC)cc1)Cc1ccccc1)OC)N(C)C(=O)[C@@H](NC(=O)[C@@H](NC)C(C)C)C(C)C. The third kappa shape index (κ3) is 14.0. The number of likely N-dealkylation sites (tertiary alicyclic amines) is 1. The van der Waals surface area contributed by atoms with Gasteiger partial charge < -0.3 is 40.0 Å². The van der Waals surface area contributed by atoms with E-state index in [-0.39, 0.29) is 59.9 Å². The molecule has 0 aliphatic carbocycles. The number of rotatable bonds is 23. The second kappa shape index (κ2) is 24.8. The zero-order valence-corrected chi connectivity index (χ0v) is 38.6. The fraction of sp³-hybridized carbons (Fsp3) is 0.604. The number of nitrogens with zero attached hydrogens (tertiary/aromatic N) is 2. The molecule has 2 aromatic carbocycles. The lowest BCUT2D eigenvalue weighted by atomic mass is 9.89. The Bertz CT molecular complexity index is 1730. The van der Waals surface area contributed by atoms with Crippen LogP contribution in [0.15, 0.2) is 60.7 Å². The number of benzene rings is 2. The Morgan fingerprint density at radius 2 is 1.49 bits per heavy atom. The van der Waals surface area contributed by atoms with Crippen LogP contribution >= 0.6 is 0 Å². The summed E-state index contributed by atoms with van der Waals surface area (Å²) in [6.45, 7) is 14.2. The van der Waals surface area contributed by atoms with Crippen molar-refractivity contribution < 1.29 is 38.2 Å². The van der Waals surface area contributed by atoms with Gasteiger partial charge in [-0.3, -0.25) is 19.2 Å². The monoisotopic (exact) mass is 848 g/mol. The van der Waals surface area contributed by atoms with E-state index in [4.69, 9.17) is 14.2 Å². The van der Waals surface area contributed by atoms with E-state index in [2.05, 4.69) is 16.0 Å². The van der Waals surface area contributed by atoms with Gasteiger partial charge in [-0.25, -0.2) is 4.79 Å². The summed E-state index contributed by atoms with van der Waals surface area (Å²) in [5, 5.41) is 9.29.